The van der Waals surface area contributed by atoms with E-state index < -0.39 is 109 Å². The highest BCUT2D eigenvalue weighted by molar-refractivity contribution is 7.46. The van der Waals surface area contributed by atoms with Gasteiger partial charge in [-0.15, -0.1) is 0 Å². The van der Waals surface area contributed by atoms with Crippen molar-refractivity contribution in [3.63, 3.8) is 0 Å². The number of primary amides is 2. The standard InChI is InChI=1S/C38H59N6O13P/c1-20(2)16-25(18-31(47)29(41-23(6)46)17-24-9-11-26(12-10-24)57-58(54,55)56)38(53)44-15-7-8-30(44)37(52)42-28(13-14-33(39)49)32(48)19-27(22(5)45)36(51)43-34(21(3)4)35(40)50/h9-12,20-22,25,27-30,34,45H,7-8,13-19H2,1-6H3,(H2,39,49)(H2,40,50)(H,41,46)(H,42,52)(H,43,51)(H2,54,55,56)/t22?,25-,27+,28+,29+,30?,34+/m1/s1. The number of nitrogens with two attached hydrogens (primary N) is 2. The van der Waals surface area contributed by atoms with Crippen molar-refractivity contribution >= 4 is 54.8 Å². The Kier molecular flexibility index (Phi) is 19.1. The number of carbonyl (C=O) groups is 8. The van der Waals surface area contributed by atoms with Crippen molar-refractivity contribution < 1.29 is 62.3 Å². The molecule has 324 valence electrons. The molecular weight excluding hydrogens is 779 g/mol. The van der Waals surface area contributed by atoms with Gasteiger partial charge >= 0.3 is 7.82 Å². The molecule has 1 aromatic carbocycles. The summed E-state index contributed by atoms with van der Waals surface area (Å²) in [5, 5.41) is 18.1. The maximum atomic E-state index is 14.2. The van der Waals surface area contributed by atoms with E-state index in [0.717, 1.165) is 0 Å². The zero-order valence-electron chi connectivity index (χ0n) is 33.8. The van der Waals surface area contributed by atoms with Gasteiger partial charge in [0.25, 0.3) is 0 Å². The minimum atomic E-state index is -4.80. The molecule has 0 saturated carbocycles. The van der Waals surface area contributed by atoms with Gasteiger partial charge in [0, 0.05) is 38.6 Å². The first-order chi connectivity index (χ1) is 26.9. The topological polar surface area (TPSA) is 315 Å². The molecule has 0 spiro atoms. The third-order valence-corrected chi connectivity index (χ3v) is 10.2. The summed E-state index contributed by atoms with van der Waals surface area (Å²) in [4.78, 5) is 124. The number of hydrogen-bond acceptors (Lipinski definition) is 11. The fourth-order valence-corrected chi connectivity index (χ4v) is 7.25. The van der Waals surface area contributed by atoms with Crippen molar-refractivity contribution in [2.24, 2.45) is 35.1 Å². The van der Waals surface area contributed by atoms with E-state index in [2.05, 4.69) is 20.5 Å². The van der Waals surface area contributed by atoms with E-state index in [1.807, 2.05) is 13.8 Å². The zero-order chi connectivity index (χ0) is 44.1. The van der Waals surface area contributed by atoms with E-state index in [9.17, 15) is 48.0 Å². The summed E-state index contributed by atoms with van der Waals surface area (Å²) in [5.74, 6) is -8.07. The molecule has 6 amide bonds. The predicted octanol–water partition coefficient (Wildman–Crippen LogP) is 0.150. The van der Waals surface area contributed by atoms with Crippen molar-refractivity contribution in [1.82, 2.24) is 20.9 Å². The zero-order valence-corrected chi connectivity index (χ0v) is 34.7. The van der Waals surface area contributed by atoms with E-state index in [1.54, 1.807) is 13.8 Å². The molecule has 58 heavy (non-hydrogen) atoms. The van der Waals surface area contributed by atoms with E-state index in [0.29, 0.717) is 12.0 Å². The van der Waals surface area contributed by atoms with Crippen LogP contribution in [-0.4, -0.2) is 104 Å². The van der Waals surface area contributed by atoms with Crippen LogP contribution in [0, 0.1) is 23.7 Å². The van der Waals surface area contributed by atoms with Gasteiger partial charge in [0.05, 0.1) is 24.1 Å². The second-order valence-electron chi connectivity index (χ2n) is 15.6. The van der Waals surface area contributed by atoms with Gasteiger partial charge in [0.2, 0.25) is 35.4 Å². The number of nitrogens with one attached hydrogen (secondary N) is 3. The smallest absolute Gasteiger partial charge is 0.404 e. The number of likely N-dealkylation sites (tertiary alicyclic amines) is 1. The van der Waals surface area contributed by atoms with Crippen LogP contribution in [-0.2, 0) is 49.3 Å². The number of ketones is 2. The van der Waals surface area contributed by atoms with Crippen LogP contribution in [0.2, 0.25) is 0 Å². The average Bonchev–Trinajstić information content (AvgIpc) is 3.59. The maximum Gasteiger partial charge on any atom is 0.524 e. The molecule has 2 rings (SSSR count). The van der Waals surface area contributed by atoms with Gasteiger partial charge < -0.3 is 41.9 Å². The SMILES string of the molecule is CC(=O)N[C@@H](Cc1ccc(OP(=O)(O)O)cc1)C(=O)C[C@@H](CC(C)C)C(=O)N1CCCC1C(=O)N[C@@H](CCC(N)=O)C(=O)C[C@H](C(=O)N[C@H](C(N)=O)C(C)C)C(C)O. The van der Waals surface area contributed by atoms with Crippen molar-refractivity contribution in [1.29, 1.82) is 0 Å². The molecule has 1 aliphatic rings. The van der Waals surface area contributed by atoms with Crippen LogP contribution >= 0.6 is 7.82 Å². The number of benzene rings is 1. The summed E-state index contributed by atoms with van der Waals surface area (Å²) in [6, 6.07) is 1.01. The van der Waals surface area contributed by atoms with Crippen LogP contribution in [0.15, 0.2) is 24.3 Å². The molecule has 19 nitrogen and oxygen atoms in total. The number of phosphoric acid groups is 1. The lowest BCUT2D eigenvalue weighted by Gasteiger charge is -2.31. The second kappa shape index (κ2) is 22.4. The van der Waals surface area contributed by atoms with Gasteiger partial charge in [0.1, 0.15) is 17.8 Å². The highest BCUT2D eigenvalue weighted by Crippen LogP contribution is 2.37. The fraction of sp³-hybridized carbons (Fsp3) is 0.632. The lowest BCUT2D eigenvalue weighted by molar-refractivity contribution is -0.144. The number of nitrogens with zero attached hydrogens (tertiary/aromatic N) is 1. The number of phosphoric ester groups is 1. The fourth-order valence-electron chi connectivity index (χ4n) is 6.85. The first-order valence-corrected chi connectivity index (χ1v) is 20.8. The van der Waals surface area contributed by atoms with Crippen molar-refractivity contribution in [3.05, 3.63) is 29.8 Å². The number of hydrogen-bond donors (Lipinski definition) is 8. The quantitative estimate of drug-likeness (QED) is 0.0644. The maximum absolute atomic E-state index is 14.2. The van der Waals surface area contributed by atoms with E-state index in [4.69, 9.17) is 21.3 Å². The van der Waals surface area contributed by atoms with Crippen molar-refractivity contribution in [3.8, 4) is 5.75 Å². The third kappa shape index (κ3) is 16.3. The molecule has 1 aromatic rings. The number of Topliss-reactive ketones (excluding diaryl/α,β-unsaturated/α-hetero) is 2. The lowest BCUT2D eigenvalue weighted by atomic mass is 9.88. The summed E-state index contributed by atoms with van der Waals surface area (Å²) < 4.78 is 15.7. The van der Waals surface area contributed by atoms with Crippen molar-refractivity contribution in [2.75, 3.05) is 6.54 Å². The van der Waals surface area contributed by atoms with Crippen LogP contribution in [0.1, 0.15) is 92.1 Å². The number of carbonyl (C=O) groups excluding carboxylic acids is 8. The van der Waals surface area contributed by atoms with Gasteiger partial charge in [-0.25, -0.2) is 4.57 Å². The number of rotatable bonds is 24. The largest absolute Gasteiger partial charge is 0.524 e. The number of aliphatic hydroxyl groups excluding tert-OH is 1. The molecule has 1 saturated heterocycles. The van der Waals surface area contributed by atoms with Crippen LogP contribution in [0.5, 0.6) is 5.75 Å². The Hall–Kier alpha value is -4.71. The summed E-state index contributed by atoms with van der Waals surface area (Å²) in [6.45, 7) is 9.70. The molecule has 1 aliphatic heterocycles. The Morgan fingerprint density at radius 1 is 0.897 bits per heavy atom. The molecular formula is C38H59N6O13P. The molecule has 1 fully saturated rings. The Morgan fingerprint density at radius 3 is 2.00 bits per heavy atom. The van der Waals surface area contributed by atoms with E-state index in [-0.39, 0.29) is 56.7 Å². The molecule has 0 aliphatic carbocycles. The van der Waals surface area contributed by atoms with Crippen LogP contribution in [0.4, 0.5) is 0 Å². The average molecular weight is 839 g/mol. The summed E-state index contributed by atoms with van der Waals surface area (Å²) in [7, 11) is -4.80. The van der Waals surface area contributed by atoms with Gasteiger partial charge in [0.15, 0.2) is 11.6 Å². The third-order valence-electron chi connectivity index (χ3n) is 9.74. The molecule has 0 radical (unpaired) electrons. The highest BCUT2D eigenvalue weighted by atomic mass is 31.2. The molecule has 7 atom stereocenters. The molecule has 0 aromatic heterocycles. The minimum Gasteiger partial charge on any atom is -0.404 e. The molecule has 0 bridgehead atoms. The van der Waals surface area contributed by atoms with Crippen LogP contribution in [0.3, 0.4) is 0 Å². The Bertz CT molecular complexity index is 1700. The summed E-state index contributed by atoms with van der Waals surface area (Å²) in [5.41, 5.74) is 11.3. The monoisotopic (exact) mass is 838 g/mol. The van der Waals surface area contributed by atoms with Crippen LogP contribution < -0.4 is 31.9 Å². The minimum absolute atomic E-state index is 0.00626. The summed E-state index contributed by atoms with van der Waals surface area (Å²) >= 11 is 0. The number of amides is 6. The Labute approximate surface area is 338 Å². The lowest BCUT2D eigenvalue weighted by Crippen LogP contribution is -2.54. The molecule has 2 unspecified atom stereocenters. The van der Waals surface area contributed by atoms with Crippen LogP contribution in [0.25, 0.3) is 0 Å². The van der Waals surface area contributed by atoms with Gasteiger partial charge in [-0.1, -0.05) is 39.8 Å². The van der Waals surface area contributed by atoms with Gasteiger partial charge in [-0.3, -0.25) is 48.1 Å². The first-order valence-electron chi connectivity index (χ1n) is 19.2. The van der Waals surface area contributed by atoms with Gasteiger partial charge in [-0.2, -0.15) is 0 Å². The number of aliphatic hydroxyl groups is 1. The second-order valence-corrected chi connectivity index (χ2v) is 16.7. The van der Waals surface area contributed by atoms with E-state index in [1.165, 1.54) is 43.0 Å². The molecule has 10 N–H and O–H groups in total. The summed E-state index contributed by atoms with van der Waals surface area (Å²) in [6.07, 6.45) is -1.89. The first kappa shape index (κ1) is 49.4. The van der Waals surface area contributed by atoms with Gasteiger partial charge in [-0.05, 0) is 68.6 Å². The molecule has 1 heterocycles. The Morgan fingerprint density at radius 2 is 1.50 bits per heavy atom. The van der Waals surface area contributed by atoms with E-state index >= 15 is 0 Å². The van der Waals surface area contributed by atoms with Crippen molar-refractivity contribution in [2.45, 2.75) is 123 Å². The highest BCUT2D eigenvalue weighted by Gasteiger charge is 2.40. The predicted molar refractivity (Wildman–Crippen MR) is 209 cm³/mol. The Balaban J connectivity index is 2.30. The molecule has 20 heteroatoms. The normalized spacial score (nSPS) is 17.4.